The number of hydrogen-bond donors (Lipinski definition) is 0. The van der Waals surface area contributed by atoms with Gasteiger partial charge in [-0.2, -0.15) is 0 Å². The molecule has 0 aliphatic rings. The minimum atomic E-state index is 0.283. The number of allylic oxidation sites excluding steroid dienone is 2. The van der Waals surface area contributed by atoms with Crippen LogP contribution in [0.4, 0.5) is 0 Å². The number of Topliss-reactive ketones (excluding diaryl/α,β-unsaturated/α-hetero) is 1. The van der Waals surface area contributed by atoms with Crippen LogP contribution in [0.5, 0.6) is 0 Å². The largest absolute Gasteiger partial charge is 0.300 e. The molecule has 0 aromatic rings. The molecular formula is C14H14O. The SMILES string of the molecule is CC#CC#CC#CC=CCCC(=O)CC. The maximum atomic E-state index is 10.9. The molecule has 0 aromatic heterocycles. The van der Waals surface area contributed by atoms with E-state index < -0.39 is 0 Å². The van der Waals surface area contributed by atoms with Gasteiger partial charge in [0.25, 0.3) is 0 Å². The van der Waals surface area contributed by atoms with Crippen LogP contribution in [-0.4, -0.2) is 5.78 Å². The molecule has 0 saturated carbocycles. The van der Waals surface area contributed by atoms with E-state index in [1.807, 2.05) is 13.0 Å². The van der Waals surface area contributed by atoms with Gasteiger partial charge >= 0.3 is 0 Å². The summed E-state index contributed by atoms with van der Waals surface area (Å²) >= 11 is 0. The van der Waals surface area contributed by atoms with Crippen LogP contribution in [0.3, 0.4) is 0 Å². The van der Waals surface area contributed by atoms with Gasteiger partial charge < -0.3 is 0 Å². The highest BCUT2D eigenvalue weighted by Crippen LogP contribution is 1.94. The van der Waals surface area contributed by atoms with Gasteiger partial charge in [0, 0.05) is 12.8 Å². The molecule has 0 heterocycles. The molecule has 15 heavy (non-hydrogen) atoms. The Morgan fingerprint density at radius 1 is 1.20 bits per heavy atom. The van der Waals surface area contributed by atoms with Gasteiger partial charge in [0.1, 0.15) is 5.78 Å². The Labute approximate surface area is 92.0 Å². The van der Waals surface area contributed by atoms with Crippen molar-refractivity contribution < 1.29 is 4.79 Å². The quantitative estimate of drug-likeness (QED) is 0.634. The van der Waals surface area contributed by atoms with Crippen LogP contribution in [-0.2, 0) is 4.79 Å². The third kappa shape index (κ3) is 10.0. The van der Waals surface area contributed by atoms with E-state index in [4.69, 9.17) is 0 Å². The molecule has 0 N–H and O–H groups in total. The Balaban J connectivity index is 3.75. The fourth-order valence-electron chi connectivity index (χ4n) is 0.766. The molecule has 0 aromatic carbocycles. The Bertz CT molecular complexity index is 394. The van der Waals surface area contributed by atoms with E-state index in [1.54, 1.807) is 13.0 Å². The van der Waals surface area contributed by atoms with Crippen LogP contribution in [0.25, 0.3) is 0 Å². The molecule has 0 spiro atoms. The fraction of sp³-hybridized carbons (Fsp3) is 0.357. The van der Waals surface area contributed by atoms with Crippen molar-refractivity contribution in [3.63, 3.8) is 0 Å². The van der Waals surface area contributed by atoms with E-state index in [0.717, 1.165) is 6.42 Å². The van der Waals surface area contributed by atoms with Gasteiger partial charge in [-0.15, -0.1) is 0 Å². The van der Waals surface area contributed by atoms with Crippen LogP contribution in [0.15, 0.2) is 12.2 Å². The maximum absolute atomic E-state index is 10.9. The second kappa shape index (κ2) is 10.2. The van der Waals surface area contributed by atoms with Crippen molar-refractivity contribution in [1.29, 1.82) is 0 Å². The summed E-state index contributed by atoms with van der Waals surface area (Å²) in [6.45, 7) is 3.60. The summed E-state index contributed by atoms with van der Waals surface area (Å²) in [5.41, 5.74) is 0. The van der Waals surface area contributed by atoms with Gasteiger partial charge in [0.05, 0.1) is 0 Å². The number of ketones is 1. The Kier molecular flexibility index (Phi) is 8.88. The molecule has 0 fully saturated rings. The standard InChI is InChI=1S/C14H14O/c1-3-5-6-7-8-9-10-11-12-13-14(15)4-2/h10-11H,4,12-13H2,1-2H3. The zero-order chi connectivity index (χ0) is 11.4. The molecule has 0 rings (SSSR count). The first-order valence-corrected chi connectivity index (χ1v) is 4.90. The summed E-state index contributed by atoms with van der Waals surface area (Å²) in [6.07, 6.45) is 5.57. The second-order valence-electron chi connectivity index (χ2n) is 2.73. The highest BCUT2D eigenvalue weighted by molar-refractivity contribution is 5.78. The van der Waals surface area contributed by atoms with E-state index in [0.29, 0.717) is 12.8 Å². The smallest absolute Gasteiger partial charge is 0.132 e. The van der Waals surface area contributed by atoms with Gasteiger partial charge in [-0.25, -0.2) is 0 Å². The van der Waals surface area contributed by atoms with Crippen LogP contribution in [0.2, 0.25) is 0 Å². The highest BCUT2D eigenvalue weighted by atomic mass is 16.1. The predicted molar refractivity (Wildman–Crippen MR) is 62.7 cm³/mol. The minimum absolute atomic E-state index is 0.283. The lowest BCUT2D eigenvalue weighted by Crippen LogP contribution is -1.92. The molecule has 0 saturated heterocycles. The number of hydrogen-bond acceptors (Lipinski definition) is 1. The molecule has 0 atom stereocenters. The van der Waals surface area contributed by atoms with Gasteiger partial charge in [-0.1, -0.05) is 24.8 Å². The molecule has 0 unspecified atom stereocenters. The number of carbonyl (C=O) groups is 1. The lowest BCUT2D eigenvalue weighted by atomic mass is 10.2. The lowest BCUT2D eigenvalue weighted by Gasteiger charge is -1.89. The van der Waals surface area contributed by atoms with Gasteiger partial charge in [0.2, 0.25) is 0 Å². The summed E-state index contributed by atoms with van der Waals surface area (Å²) in [7, 11) is 0. The molecule has 1 nitrogen and oxygen atoms in total. The van der Waals surface area contributed by atoms with E-state index in [1.165, 1.54) is 0 Å². The molecule has 0 aliphatic carbocycles. The monoisotopic (exact) mass is 198 g/mol. The second-order valence-corrected chi connectivity index (χ2v) is 2.73. The van der Waals surface area contributed by atoms with Crippen molar-refractivity contribution in [3.05, 3.63) is 12.2 Å². The van der Waals surface area contributed by atoms with Crippen molar-refractivity contribution in [2.45, 2.75) is 33.1 Å². The van der Waals surface area contributed by atoms with Crippen molar-refractivity contribution >= 4 is 5.78 Å². The molecule has 0 aliphatic heterocycles. The Morgan fingerprint density at radius 2 is 1.93 bits per heavy atom. The summed E-state index contributed by atoms with van der Waals surface area (Å²) in [5.74, 6) is 16.1. The van der Waals surface area contributed by atoms with Gasteiger partial charge in [-0.05, 0) is 43.1 Å². The molecule has 76 valence electrons. The molecular weight excluding hydrogens is 184 g/mol. The summed E-state index contributed by atoms with van der Waals surface area (Å²) in [6, 6.07) is 0. The first kappa shape index (κ1) is 13.1. The van der Waals surface area contributed by atoms with Crippen LogP contribution in [0.1, 0.15) is 33.1 Å². The predicted octanol–water partition coefficient (Wildman–Crippen LogP) is 2.33. The van der Waals surface area contributed by atoms with Crippen molar-refractivity contribution in [2.24, 2.45) is 0 Å². The summed E-state index contributed by atoms with van der Waals surface area (Å²) < 4.78 is 0. The van der Waals surface area contributed by atoms with Gasteiger partial charge in [-0.3, -0.25) is 4.79 Å². The average molecular weight is 198 g/mol. The Morgan fingerprint density at radius 3 is 2.60 bits per heavy atom. The van der Waals surface area contributed by atoms with E-state index in [-0.39, 0.29) is 5.78 Å². The van der Waals surface area contributed by atoms with Crippen molar-refractivity contribution in [1.82, 2.24) is 0 Å². The first-order valence-electron chi connectivity index (χ1n) is 4.90. The zero-order valence-electron chi connectivity index (χ0n) is 9.18. The normalized spacial score (nSPS) is 7.87. The number of rotatable bonds is 4. The van der Waals surface area contributed by atoms with E-state index in [2.05, 4.69) is 35.5 Å². The topological polar surface area (TPSA) is 17.1 Å². The highest BCUT2D eigenvalue weighted by Gasteiger charge is 1.93. The van der Waals surface area contributed by atoms with Crippen LogP contribution >= 0.6 is 0 Å². The number of carbonyl (C=O) groups excluding carboxylic acids is 1. The van der Waals surface area contributed by atoms with Crippen LogP contribution < -0.4 is 0 Å². The fourth-order valence-corrected chi connectivity index (χ4v) is 0.766. The van der Waals surface area contributed by atoms with Crippen LogP contribution in [0, 0.1) is 35.5 Å². The van der Waals surface area contributed by atoms with Gasteiger partial charge in [0.15, 0.2) is 0 Å². The average Bonchev–Trinajstić information content (AvgIpc) is 2.26. The zero-order valence-corrected chi connectivity index (χ0v) is 9.18. The summed E-state index contributed by atoms with van der Waals surface area (Å²) in [5, 5.41) is 0. The van der Waals surface area contributed by atoms with Crippen molar-refractivity contribution in [3.8, 4) is 35.5 Å². The molecule has 1 heteroatoms. The van der Waals surface area contributed by atoms with Crippen molar-refractivity contribution in [2.75, 3.05) is 0 Å². The molecule has 0 radical (unpaired) electrons. The minimum Gasteiger partial charge on any atom is -0.300 e. The first-order chi connectivity index (χ1) is 7.31. The van der Waals surface area contributed by atoms with E-state index in [9.17, 15) is 4.79 Å². The third-order valence-electron chi connectivity index (χ3n) is 1.57. The summed E-state index contributed by atoms with van der Waals surface area (Å²) in [4.78, 5) is 10.9. The molecule has 0 amide bonds. The Hall–Kier alpha value is -1.91. The third-order valence-corrected chi connectivity index (χ3v) is 1.57. The molecule has 0 bridgehead atoms. The van der Waals surface area contributed by atoms with E-state index >= 15 is 0 Å². The lowest BCUT2D eigenvalue weighted by molar-refractivity contribution is -0.118. The maximum Gasteiger partial charge on any atom is 0.132 e.